The summed E-state index contributed by atoms with van der Waals surface area (Å²) in [6.07, 6.45) is 1.08. The molecule has 0 aliphatic carbocycles. The second kappa shape index (κ2) is 6.44. The first kappa shape index (κ1) is 16.4. The van der Waals surface area contributed by atoms with Crippen LogP contribution < -0.4 is 10.0 Å². The highest BCUT2D eigenvalue weighted by molar-refractivity contribution is 7.92. The molecular formula is C13H14Cl2N2O2S2. The fourth-order valence-electron chi connectivity index (χ4n) is 1.77. The third kappa shape index (κ3) is 4.78. The molecule has 1 heterocycles. The Morgan fingerprint density at radius 2 is 1.90 bits per heavy atom. The van der Waals surface area contributed by atoms with Gasteiger partial charge in [0.1, 0.15) is 0 Å². The lowest BCUT2D eigenvalue weighted by Crippen LogP contribution is -2.10. The zero-order valence-corrected chi connectivity index (χ0v) is 14.5. The summed E-state index contributed by atoms with van der Waals surface area (Å²) >= 11 is 13.5. The molecule has 2 aromatic rings. The highest BCUT2D eigenvalue weighted by Gasteiger charge is 2.10. The Bertz CT molecular complexity index is 744. The summed E-state index contributed by atoms with van der Waals surface area (Å²) in [7, 11) is -3.34. The van der Waals surface area contributed by atoms with E-state index in [9.17, 15) is 8.42 Å². The van der Waals surface area contributed by atoms with Gasteiger partial charge in [-0.25, -0.2) is 8.42 Å². The van der Waals surface area contributed by atoms with Gasteiger partial charge in [-0.15, -0.1) is 11.3 Å². The van der Waals surface area contributed by atoms with E-state index in [0.717, 1.165) is 21.2 Å². The number of nitrogens with one attached hydrogen (secondary N) is 2. The molecule has 0 aliphatic heterocycles. The molecule has 0 radical (unpaired) electrons. The molecule has 8 heteroatoms. The lowest BCUT2D eigenvalue weighted by Gasteiger charge is -2.15. The van der Waals surface area contributed by atoms with Gasteiger partial charge in [0, 0.05) is 10.6 Å². The number of halogens is 2. The number of anilines is 2. The molecule has 0 spiro atoms. The molecule has 4 nitrogen and oxygen atoms in total. The molecular weight excluding hydrogens is 351 g/mol. The van der Waals surface area contributed by atoms with Crippen LogP contribution in [-0.2, 0) is 10.0 Å². The normalized spacial score (nSPS) is 13.0. The van der Waals surface area contributed by atoms with E-state index in [1.807, 2.05) is 19.1 Å². The summed E-state index contributed by atoms with van der Waals surface area (Å²) < 4.78 is 25.5. The van der Waals surface area contributed by atoms with Crippen molar-refractivity contribution in [1.82, 2.24) is 0 Å². The summed E-state index contributed by atoms with van der Waals surface area (Å²) in [4.78, 5) is 1.11. The molecule has 114 valence electrons. The first-order valence-electron chi connectivity index (χ1n) is 6.04. The number of sulfonamides is 1. The van der Waals surface area contributed by atoms with E-state index >= 15 is 0 Å². The third-order valence-electron chi connectivity index (χ3n) is 2.67. The van der Waals surface area contributed by atoms with Gasteiger partial charge in [-0.1, -0.05) is 23.2 Å². The van der Waals surface area contributed by atoms with Crippen LogP contribution in [0.3, 0.4) is 0 Å². The quantitative estimate of drug-likeness (QED) is 0.814. The highest BCUT2D eigenvalue weighted by atomic mass is 35.5. The number of benzene rings is 1. The summed E-state index contributed by atoms with van der Waals surface area (Å²) in [6, 6.07) is 8.97. The maximum Gasteiger partial charge on any atom is 0.229 e. The maximum atomic E-state index is 11.2. The molecule has 21 heavy (non-hydrogen) atoms. The Labute approximate surface area is 138 Å². The largest absolute Gasteiger partial charge is 0.378 e. The summed E-state index contributed by atoms with van der Waals surface area (Å²) in [5.74, 6) is 0. The van der Waals surface area contributed by atoms with E-state index in [2.05, 4.69) is 10.0 Å². The van der Waals surface area contributed by atoms with Crippen LogP contribution in [0.1, 0.15) is 17.8 Å². The Morgan fingerprint density at radius 1 is 1.19 bits per heavy atom. The lowest BCUT2D eigenvalue weighted by molar-refractivity contribution is 0.607. The number of hydrogen-bond acceptors (Lipinski definition) is 4. The summed E-state index contributed by atoms with van der Waals surface area (Å²) in [5, 5.41) is 3.63. The van der Waals surface area contributed by atoms with Crippen LogP contribution in [0.2, 0.25) is 9.36 Å². The van der Waals surface area contributed by atoms with Crippen LogP contribution in [-0.4, -0.2) is 14.7 Å². The van der Waals surface area contributed by atoms with Gasteiger partial charge in [0.2, 0.25) is 10.0 Å². The van der Waals surface area contributed by atoms with Crippen molar-refractivity contribution in [2.75, 3.05) is 16.3 Å². The minimum Gasteiger partial charge on any atom is -0.378 e. The van der Waals surface area contributed by atoms with E-state index in [4.69, 9.17) is 23.2 Å². The highest BCUT2D eigenvalue weighted by Crippen LogP contribution is 2.31. The second-order valence-electron chi connectivity index (χ2n) is 4.58. The predicted molar refractivity (Wildman–Crippen MR) is 91.3 cm³/mol. The average molecular weight is 365 g/mol. The van der Waals surface area contributed by atoms with Crippen molar-refractivity contribution in [3.05, 3.63) is 44.6 Å². The Balaban J connectivity index is 2.13. The standard InChI is InChI=1S/C13H14Cl2N2O2S2/c1-8(12-5-6-13(15)20-12)16-9-3-4-11(10(14)7-9)17-21(2,18)19/h3-8,16-17H,1-2H3. The fraction of sp³-hybridized carbons (Fsp3) is 0.231. The summed E-state index contributed by atoms with van der Waals surface area (Å²) in [6.45, 7) is 2.01. The first-order chi connectivity index (χ1) is 9.74. The first-order valence-corrected chi connectivity index (χ1v) is 9.50. The zero-order chi connectivity index (χ0) is 15.6. The summed E-state index contributed by atoms with van der Waals surface area (Å²) in [5.41, 5.74) is 1.16. The lowest BCUT2D eigenvalue weighted by atomic mass is 10.2. The van der Waals surface area contributed by atoms with Crippen LogP contribution in [0.25, 0.3) is 0 Å². The number of hydrogen-bond donors (Lipinski definition) is 2. The van der Waals surface area contributed by atoms with E-state index in [0.29, 0.717) is 10.7 Å². The van der Waals surface area contributed by atoms with Crippen molar-refractivity contribution in [3.63, 3.8) is 0 Å². The van der Waals surface area contributed by atoms with Crippen molar-refractivity contribution in [1.29, 1.82) is 0 Å². The minimum atomic E-state index is -3.34. The van der Waals surface area contributed by atoms with Crippen molar-refractivity contribution < 1.29 is 8.42 Å². The monoisotopic (exact) mass is 364 g/mol. The molecule has 1 atom stereocenters. The Kier molecular flexibility index (Phi) is 5.03. The number of thiophene rings is 1. The molecule has 0 saturated carbocycles. The topological polar surface area (TPSA) is 58.2 Å². The van der Waals surface area contributed by atoms with Gasteiger partial charge < -0.3 is 5.32 Å². The SMILES string of the molecule is CC(Nc1ccc(NS(C)(=O)=O)c(Cl)c1)c1ccc(Cl)s1. The molecule has 1 aromatic carbocycles. The minimum absolute atomic E-state index is 0.0762. The van der Waals surface area contributed by atoms with E-state index in [1.54, 1.807) is 18.2 Å². The van der Waals surface area contributed by atoms with Crippen molar-refractivity contribution in [2.45, 2.75) is 13.0 Å². The van der Waals surface area contributed by atoms with Crippen molar-refractivity contribution in [2.24, 2.45) is 0 Å². The smallest absolute Gasteiger partial charge is 0.229 e. The van der Waals surface area contributed by atoms with Gasteiger partial charge in [-0.2, -0.15) is 0 Å². The van der Waals surface area contributed by atoms with Crippen molar-refractivity contribution in [3.8, 4) is 0 Å². The molecule has 0 aliphatic rings. The van der Waals surface area contributed by atoms with E-state index in [1.165, 1.54) is 11.3 Å². The van der Waals surface area contributed by atoms with Gasteiger partial charge in [0.15, 0.2) is 0 Å². The van der Waals surface area contributed by atoms with Crippen LogP contribution in [0.15, 0.2) is 30.3 Å². The van der Waals surface area contributed by atoms with Gasteiger partial charge in [-0.05, 0) is 37.3 Å². The van der Waals surface area contributed by atoms with Gasteiger partial charge in [0.25, 0.3) is 0 Å². The van der Waals surface area contributed by atoms with Crippen molar-refractivity contribution >= 4 is 55.9 Å². The Hall–Kier alpha value is -0.950. The molecule has 0 amide bonds. The van der Waals surface area contributed by atoms with Crippen LogP contribution in [0, 0.1) is 0 Å². The molecule has 2 N–H and O–H groups in total. The average Bonchev–Trinajstić information content (AvgIpc) is 2.78. The fourth-order valence-corrected chi connectivity index (χ4v) is 3.69. The van der Waals surface area contributed by atoms with Crippen LogP contribution >= 0.6 is 34.5 Å². The molecule has 2 rings (SSSR count). The molecule has 0 bridgehead atoms. The molecule has 1 aromatic heterocycles. The Morgan fingerprint density at radius 3 is 2.43 bits per heavy atom. The second-order valence-corrected chi connectivity index (χ2v) is 8.48. The molecule has 0 saturated heterocycles. The number of rotatable bonds is 5. The zero-order valence-electron chi connectivity index (χ0n) is 11.4. The van der Waals surface area contributed by atoms with E-state index < -0.39 is 10.0 Å². The van der Waals surface area contributed by atoms with Crippen LogP contribution in [0.4, 0.5) is 11.4 Å². The van der Waals surface area contributed by atoms with E-state index in [-0.39, 0.29) is 6.04 Å². The van der Waals surface area contributed by atoms with Gasteiger partial charge in [-0.3, -0.25) is 4.72 Å². The van der Waals surface area contributed by atoms with Crippen LogP contribution in [0.5, 0.6) is 0 Å². The molecule has 0 fully saturated rings. The van der Waals surface area contributed by atoms with Gasteiger partial charge >= 0.3 is 0 Å². The third-order valence-corrected chi connectivity index (χ3v) is 4.99. The molecule has 1 unspecified atom stereocenters. The predicted octanol–water partition coefficient (Wildman–Crippen LogP) is 4.60. The van der Waals surface area contributed by atoms with Gasteiger partial charge in [0.05, 0.1) is 27.3 Å². The maximum absolute atomic E-state index is 11.2.